The molecule has 0 aliphatic rings. The zero-order valence-corrected chi connectivity index (χ0v) is 12.6. The fourth-order valence-electron chi connectivity index (χ4n) is 1.88. The molecule has 0 aromatic heterocycles. The van der Waals surface area contributed by atoms with E-state index in [9.17, 15) is 18.5 Å². The molecule has 2 rings (SSSR count). The van der Waals surface area contributed by atoms with Crippen LogP contribution in [0.1, 0.15) is 11.1 Å². The second-order valence-corrected chi connectivity index (χ2v) is 6.19. The fourth-order valence-corrected chi connectivity index (χ4v) is 2.94. The first-order chi connectivity index (χ1) is 10.8. The molecule has 0 saturated heterocycles. The quantitative estimate of drug-likeness (QED) is 0.271. The largest absolute Gasteiger partial charge is 0.384 e. The molecule has 0 spiro atoms. The smallest absolute Gasteiger partial charge is 0.313 e. The van der Waals surface area contributed by atoms with Gasteiger partial charge in [0.15, 0.2) is 0 Å². The number of hydrogen-bond acceptors (Lipinski definition) is 6. The van der Waals surface area contributed by atoms with Gasteiger partial charge in [0, 0.05) is 11.6 Å². The number of amidine groups is 1. The summed E-state index contributed by atoms with van der Waals surface area (Å²) in [5, 5.41) is 18.2. The summed E-state index contributed by atoms with van der Waals surface area (Å²) in [5.74, 6) is -1.04. The number of hydrogen-bond donors (Lipinski definition) is 2. The second-order valence-electron chi connectivity index (χ2n) is 4.62. The third-order valence-corrected chi connectivity index (χ3v) is 3.98. The van der Waals surface area contributed by atoms with Crippen LogP contribution >= 0.6 is 0 Å². The first-order valence-electron chi connectivity index (χ1n) is 6.37. The summed E-state index contributed by atoms with van der Waals surface area (Å²) in [6.45, 7) is 0. The molecule has 2 aromatic carbocycles. The van der Waals surface area contributed by atoms with E-state index in [2.05, 4.69) is 0 Å². The van der Waals surface area contributed by atoms with Crippen molar-refractivity contribution in [1.82, 2.24) is 0 Å². The number of nitrogens with two attached hydrogens (primary N) is 1. The Bertz CT molecular complexity index is 864. The highest BCUT2D eigenvalue weighted by atomic mass is 32.2. The van der Waals surface area contributed by atoms with Gasteiger partial charge in [0.1, 0.15) is 11.6 Å². The molecule has 0 heterocycles. The first kappa shape index (κ1) is 16.4. The van der Waals surface area contributed by atoms with Gasteiger partial charge in [0.05, 0.1) is 4.92 Å². The summed E-state index contributed by atoms with van der Waals surface area (Å²) in [6.07, 6.45) is 0. The van der Waals surface area contributed by atoms with E-state index in [1.165, 1.54) is 30.3 Å². The predicted molar refractivity (Wildman–Crippen MR) is 83.8 cm³/mol. The summed E-state index contributed by atoms with van der Waals surface area (Å²) in [5.41, 5.74) is 5.65. The molecule has 0 unspecified atom stereocenters. The predicted octanol–water partition coefficient (Wildman–Crippen LogP) is 1.79. The van der Waals surface area contributed by atoms with Crippen molar-refractivity contribution >= 4 is 21.6 Å². The lowest BCUT2D eigenvalue weighted by molar-refractivity contribution is -0.385. The SMILES string of the molecule is N=C(N)c1cccc(CS(=O)(=O)Oc2ccccc2[N+](=O)[O-])c1. The number of nitrogens with zero attached hydrogens (tertiary/aromatic N) is 1. The number of benzene rings is 2. The maximum Gasteiger partial charge on any atom is 0.313 e. The van der Waals surface area contributed by atoms with Gasteiger partial charge in [0.25, 0.3) is 0 Å². The van der Waals surface area contributed by atoms with Crippen molar-refractivity contribution in [3.05, 3.63) is 69.8 Å². The van der Waals surface area contributed by atoms with Gasteiger partial charge in [-0.15, -0.1) is 0 Å². The van der Waals surface area contributed by atoms with Gasteiger partial charge in [-0.25, -0.2) is 0 Å². The molecule has 0 fully saturated rings. The number of nitro benzene ring substituents is 1. The van der Waals surface area contributed by atoms with Gasteiger partial charge in [-0.1, -0.05) is 30.3 Å². The summed E-state index contributed by atoms with van der Waals surface area (Å²) < 4.78 is 29.0. The Morgan fingerprint density at radius 3 is 2.57 bits per heavy atom. The molecule has 0 atom stereocenters. The molecule has 2 aromatic rings. The molecule has 0 saturated carbocycles. The Labute approximate surface area is 132 Å². The van der Waals surface area contributed by atoms with Crippen molar-refractivity contribution in [3.8, 4) is 5.75 Å². The van der Waals surface area contributed by atoms with Crippen LogP contribution in [0.25, 0.3) is 0 Å². The molecule has 9 heteroatoms. The maximum atomic E-state index is 12.1. The van der Waals surface area contributed by atoms with Crippen molar-refractivity contribution in [2.24, 2.45) is 5.73 Å². The van der Waals surface area contributed by atoms with Crippen LogP contribution < -0.4 is 9.92 Å². The van der Waals surface area contributed by atoms with Crippen molar-refractivity contribution in [2.75, 3.05) is 0 Å². The molecule has 3 N–H and O–H groups in total. The topological polar surface area (TPSA) is 136 Å². The third kappa shape index (κ3) is 4.27. The zero-order valence-electron chi connectivity index (χ0n) is 11.8. The van der Waals surface area contributed by atoms with Gasteiger partial charge in [-0.05, 0) is 17.7 Å². The molecule has 23 heavy (non-hydrogen) atoms. The standard InChI is InChI=1S/C14H13N3O5S/c15-14(16)11-5-3-4-10(8-11)9-23(20,21)22-13-7-2-1-6-12(13)17(18)19/h1-8H,9H2,(H3,15,16). The van der Waals surface area contributed by atoms with Crippen molar-refractivity contribution in [1.29, 1.82) is 5.41 Å². The third-order valence-electron chi connectivity index (χ3n) is 2.86. The highest BCUT2D eigenvalue weighted by Gasteiger charge is 2.21. The summed E-state index contributed by atoms with van der Waals surface area (Å²) in [7, 11) is -4.10. The van der Waals surface area contributed by atoms with Crippen LogP contribution in [0.2, 0.25) is 0 Å². The summed E-state index contributed by atoms with van der Waals surface area (Å²) in [6, 6.07) is 11.3. The first-order valence-corrected chi connectivity index (χ1v) is 7.95. The van der Waals surface area contributed by atoms with Gasteiger partial charge >= 0.3 is 15.8 Å². The van der Waals surface area contributed by atoms with Gasteiger partial charge in [-0.2, -0.15) is 8.42 Å². The Kier molecular flexibility index (Phi) is 4.60. The fraction of sp³-hybridized carbons (Fsp3) is 0.0714. The van der Waals surface area contributed by atoms with Crippen LogP contribution in [0.4, 0.5) is 5.69 Å². The van der Waals surface area contributed by atoms with Crippen LogP contribution in [-0.2, 0) is 15.9 Å². The highest BCUT2D eigenvalue weighted by molar-refractivity contribution is 7.86. The summed E-state index contributed by atoms with van der Waals surface area (Å²) in [4.78, 5) is 10.2. The van der Waals surface area contributed by atoms with Gasteiger partial charge in [-0.3, -0.25) is 15.5 Å². The van der Waals surface area contributed by atoms with E-state index in [1.807, 2.05) is 0 Å². The molecule has 8 nitrogen and oxygen atoms in total. The Hall–Kier alpha value is -2.94. The molecule has 0 aliphatic carbocycles. The normalized spacial score (nSPS) is 11.0. The highest BCUT2D eigenvalue weighted by Crippen LogP contribution is 2.28. The van der Waals surface area contributed by atoms with E-state index in [0.717, 1.165) is 6.07 Å². The average Bonchev–Trinajstić information content (AvgIpc) is 2.46. The minimum absolute atomic E-state index is 0.191. The van der Waals surface area contributed by atoms with Crippen LogP contribution in [-0.4, -0.2) is 19.2 Å². The van der Waals surface area contributed by atoms with E-state index in [0.29, 0.717) is 11.1 Å². The monoisotopic (exact) mass is 335 g/mol. The molecule has 0 radical (unpaired) electrons. The van der Waals surface area contributed by atoms with Gasteiger partial charge in [0.2, 0.25) is 5.75 Å². The Balaban J connectivity index is 2.25. The molecular weight excluding hydrogens is 322 g/mol. The minimum atomic E-state index is -4.10. The van der Waals surface area contributed by atoms with E-state index in [1.54, 1.807) is 12.1 Å². The number of rotatable bonds is 6. The van der Waals surface area contributed by atoms with E-state index < -0.39 is 26.5 Å². The van der Waals surface area contributed by atoms with E-state index >= 15 is 0 Å². The minimum Gasteiger partial charge on any atom is -0.384 e. The van der Waals surface area contributed by atoms with Crippen LogP contribution in [0.3, 0.4) is 0 Å². The lowest BCUT2D eigenvalue weighted by Crippen LogP contribution is -2.15. The average molecular weight is 335 g/mol. The number of nitro groups is 1. The van der Waals surface area contributed by atoms with Crippen molar-refractivity contribution in [3.63, 3.8) is 0 Å². The van der Waals surface area contributed by atoms with Crippen molar-refractivity contribution in [2.45, 2.75) is 5.75 Å². The molecule has 120 valence electrons. The lowest BCUT2D eigenvalue weighted by atomic mass is 10.1. The molecule has 0 aliphatic heterocycles. The lowest BCUT2D eigenvalue weighted by Gasteiger charge is -2.08. The molecule has 0 bridgehead atoms. The van der Waals surface area contributed by atoms with Crippen LogP contribution in [0, 0.1) is 15.5 Å². The summed E-state index contributed by atoms with van der Waals surface area (Å²) >= 11 is 0. The maximum absolute atomic E-state index is 12.1. The van der Waals surface area contributed by atoms with Gasteiger partial charge < -0.3 is 9.92 Å². The second kappa shape index (κ2) is 6.44. The zero-order chi connectivity index (χ0) is 17.0. The molecule has 0 amide bonds. The Morgan fingerprint density at radius 2 is 1.91 bits per heavy atom. The molecular formula is C14H13N3O5S. The van der Waals surface area contributed by atoms with Crippen molar-refractivity contribution < 1.29 is 17.5 Å². The number of para-hydroxylation sites is 2. The van der Waals surface area contributed by atoms with Crippen LogP contribution in [0.5, 0.6) is 5.75 Å². The number of nitrogens with one attached hydrogen (secondary N) is 1. The van der Waals surface area contributed by atoms with E-state index in [-0.39, 0.29) is 11.6 Å². The van der Waals surface area contributed by atoms with Crippen LogP contribution in [0.15, 0.2) is 48.5 Å². The number of nitrogen functional groups attached to an aromatic ring is 1. The van der Waals surface area contributed by atoms with E-state index in [4.69, 9.17) is 15.3 Å². The Morgan fingerprint density at radius 1 is 1.22 bits per heavy atom.